The smallest absolute Gasteiger partial charge is 0.263 e. The summed E-state index contributed by atoms with van der Waals surface area (Å²) in [7, 11) is 1.80. The lowest BCUT2D eigenvalue weighted by Gasteiger charge is -2.17. The maximum Gasteiger partial charge on any atom is 0.263 e. The van der Waals surface area contributed by atoms with Crippen molar-refractivity contribution < 1.29 is 4.79 Å². The predicted octanol–water partition coefficient (Wildman–Crippen LogP) is 0.0243. The van der Waals surface area contributed by atoms with E-state index in [4.69, 9.17) is 0 Å². The number of hydrogen-bond acceptors (Lipinski definition) is 6. The van der Waals surface area contributed by atoms with Gasteiger partial charge < -0.3 is 10.3 Å². The Morgan fingerprint density at radius 2 is 2.24 bits per heavy atom. The van der Waals surface area contributed by atoms with E-state index in [1.54, 1.807) is 17.9 Å². The van der Waals surface area contributed by atoms with Gasteiger partial charge in [0.05, 0.1) is 11.7 Å². The maximum atomic E-state index is 12.4. The molecule has 0 aromatic carbocycles. The van der Waals surface area contributed by atoms with Gasteiger partial charge in [0.25, 0.3) is 11.5 Å². The summed E-state index contributed by atoms with van der Waals surface area (Å²) in [4.78, 5) is 35.2. The van der Waals surface area contributed by atoms with Gasteiger partial charge in [-0.3, -0.25) is 14.3 Å². The molecule has 0 unspecified atom stereocenters. The van der Waals surface area contributed by atoms with E-state index in [0.29, 0.717) is 12.2 Å². The topological polar surface area (TPSA) is 123 Å². The van der Waals surface area contributed by atoms with Crippen molar-refractivity contribution in [2.45, 2.75) is 25.9 Å². The molecule has 1 amide bonds. The van der Waals surface area contributed by atoms with E-state index in [9.17, 15) is 9.59 Å². The average Bonchev–Trinajstić information content (AvgIpc) is 3.24. The number of hydrogen-bond donors (Lipinski definition) is 2. The van der Waals surface area contributed by atoms with Gasteiger partial charge >= 0.3 is 0 Å². The molecule has 0 radical (unpaired) electrons. The molecule has 1 atom stereocenters. The molecular weight excluding hydrogens is 324 g/mol. The largest absolute Gasteiger partial charge is 0.343 e. The molecule has 0 spiro atoms. The molecular formula is C15H18N8O2. The van der Waals surface area contributed by atoms with Crippen LogP contribution in [0.2, 0.25) is 0 Å². The molecule has 3 heterocycles. The van der Waals surface area contributed by atoms with Crippen LogP contribution in [-0.2, 0) is 13.6 Å². The third-order valence-corrected chi connectivity index (χ3v) is 3.80. The van der Waals surface area contributed by atoms with Gasteiger partial charge in [-0.1, -0.05) is 6.92 Å². The zero-order valence-corrected chi connectivity index (χ0v) is 13.9. The lowest BCUT2D eigenvalue weighted by molar-refractivity contribution is 0.0932. The summed E-state index contributed by atoms with van der Waals surface area (Å²) in [5.41, 5.74) is 0.327. The first-order valence-electron chi connectivity index (χ1n) is 7.78. The highest BCUT2D eigenvalue weighted by Crippen LogP contribution is 2.15. The molecule has 10 nitrogen and oxygen atoms in total. The molecule has 0 saturated carbocycles. The third kappa shape index (κ3) is 3.62. The Balaban J connectivity index is 1.75. The standard InChI is InChI=1S/C15H18N8O2/c1-3-11(12-4-5-18-22(12)2)20-14(24)10-6-17-13(21-15(10)25)7-23-9-16-8-19-23/h4-6,8-9,11H,3,7H2,1-2H3,(H,20,24)(H,17,21,25)/t11-/m0/s1. The van der Waals surface area contributed by atoms with Crippen molar-refractivity contribution in [3.63, 3.8) is 0 Å². The lowest BCUT2D eigenvalue weighted by atomic mass is 10.1. The first-order chi connectivity index (χ1) is 12.1. The van der Waals surface area contributed by atoms with Gasteiger partial charge in [-0.2, -0.15) is 10.2 Å². The Hall–Kier alpha value is -3.30. The zero-order valence-electron chi connectivity index (χ0n) is 13.9. The summed E-state index contributed by atoms with van der Waals surface area (Å²) < 4.78 is 3.21. The van der Waals surface area contributed by atoms with Crippen molar-refractivity contribution in [3.8, 4) is 0 Å². The number of aromatic nitrogens is 7. The van der Waals surface area contributed by atoms with Crippen molar-refractivity contribution in [2.24, 2.45) is 7.05 Å². The van der Waals surface area contributed by atoms with Gasteiger partial charge in [0.2, 0.25) is 0 Å². The zero-order chi connectivity index (χ0) is 17.8. The molecule has 0 bridgehead atoms. The van der Waals surface area contributed by atoms with Crippen LogP contribution in [0.4, 0.5) is 0 Å². The number of aryl methyl sites for hydroxylation is 1. The van der Waals surface area contributed by atoms with Crippen molar-refractivity contribution >= 4 is 5.91 Å². The first kappa shape index (κ1) is 16.6. The molecule has 0 saturated heterocycles. The monoisotopic (exact) mass is 342 g/mol. The number of amides is 1. The quantitative estimate of drug-likeness (QED) is 0.651. The van der Waals surface area contributed by atoms with Crippen molar-refractivity contribution in [2.75, 3.05) is 0 Å². The Morgan fingerprint density at radius 3 is 2.84 bits per heavy atom. The van der Waals surface area contributed by atoms with Crippen LogP contribution in [-0.4, -0.2) is 40.4 Å². The van der Waals surface area contributed by atoms with E-state index in [-0.39, 0.29) is 18.2 Å². The van der Waals surface area contributed by atoms with E-state index < -0.39 is 11.5 Å². The molecule has 2 N–H and O–H groups in total. The molecule has 10 heteroatoms. The fraction of sp³-hybridized carbons (Fsp3) is 0.333. The van der Waals surface area contributed by atoms with Crippen LogP contribution in [0.15, 0.2) is 35.9 Å². The van der Waals surface area contributed by atoms with Crippen LogP contribution in [0.5, 0.6) is 0 Å². The number of carbonyl (C=O) groups is 1. The number of aromatic amines is 1. The summed E-state index contributed by atoms with van der Waals surface area (Å²) >= 11 is 0. The van der Waals surface area contributed by atoms with Crippen molar-refractivity contribution in [1.29, 1.82) is 0 Å². The minimum Gasteiger partial charge on any atom is -0.343 e. The Bertz CT molecular complexity index is 912. The minimum absolute atomic E-state index is 0.0389. The van der Waals surface area contributed by atoms with Crippen LogP contribution in [0, 0.1) is 0 Å². The highest BCUT2D eigenvalue weighted by atomic mass is 16.2. The maximum absolute atomic E-state index is 12.4. The highest BCUT2D eigenvalue weighted by Gasteiger charge is 2.19. The number of nitrogens with zero attached hydrogens (tertiary/aromatic N) is 6. The summed E-state index contributed by atoms with van der Waals surface area (Å²) in [5, 5.41) is 10.9. The van der Waals surface area contributed by atoms with Crippen LogP contribution in [0.3, 0.4) is 0 Å². The second-order valence-corrected chi connectivity index (χ2v) is 5.48. The minimum atomic E-state index is -0.498. The molecule has 0 aliphatic heterocycles. The van der Waals surface area contributed by atoms with Gasteiger partial charge in [-0.25, -0.2) is 14.6 Å². The summed E-state index contributed by atoms with van der Waals surface area (Å²) in [6.07, 6.45) is 6.51. The number of nitrogens with one attached hydrogen (secondary N) is 2. The molecule has 3 aromatic heterocycles. The highest BCUT2D eigenvalue weighted by molar-refractivity contribution is 5.93. The number of H-pyrrole nitrogens is 1. The van der Waals surface area contributed by atoms with Crippen LogP contribution < -0.4 is 10.9 Å². The third-order valence-electron chi connectivity index (χ3n) is 3.80. The second kappa shape index (κ2) is 7.07. The van der Waals surface area contributed by atoms with Gasteiger partial charge in [0.15, 0.2) is 0 Å². The van der Waals surface area contributed by atoms with E-state index in [2.05, 4.69) is 30.5 Å². The molecule has 0 aliphatic rings. The van der Waals surface area contributed by atoms with E-state index in [1.807, 2.05) is 13.0 Å². The normalized spacial score (nSPS) is 12.1. The molecule has 130 valence electrons. The molecule has 3 rings (SSSR count). The van der Waals surface area contributed by atoms with Crippen LogP contribution in [0.1, 0.15) is 41.3 Å². The van der Waals surface area contributed by atoms with Gasteiger partial charge in [0.1, 0.15) is 30.6 Å². The summed E-state index contributed by atoms with van der Waals surface area (Å²) in [6, 6.07) is 1.59. The fourth-order valence-corrected chi connectivity index (χ4v) is 2.49. The summed E-state index contributed by atoms with van der Waals surface area (Å²) in [5.74, 6) is -0.0835. The van der Waals surface area contributed by atoms with Crippen molar-refractivity contribution in [1.82, 2.24) is 39.8 Å². The fourth-order valence-electron chi connectivity index (χ4n) is 2.49. The van der Waals surface area contributed by atoms with E-state index in [0.717, 1.165) is 5.69 Å². The van der Waals surface area contributed by atoms with Gasteiger partial charge in [-0.15, -0.1) is 0 Å². The van der Waals surface area contributed by atoms with Gasteiger partial charge in [-0.05, 0) is 12.5 Å². The molecule has 3 aromatic rings. The van der Waals surface area contributed by atoms with Gasteiger partial charge in [0, 0.05) is 19.4 Å². The number of rotatable bonds is 6. The van der Waals surface area contributed by atoms with Crippen LogP contribution >= 0.6 is 0 Å². The van der Waals surface area contributed by atoms with E-state index >= 15 is 0 Å². The SMILES string of the molecule is CC[C@H](NC(=O)c1cnc(Cn2cncn2)[nH]c1=O)c1ccnn1C. The lowest BCUT2D eigenvalue weighted by Crippen LogP contribution is -2.34. The van der Waals surface area contributed by atoms with Crippen molar-refractivity contribution in [3.05, 3.63) is 58.6 Å². The Morgan fingerprint density at radius 1 is 1.40 bits per heavy atom. The molecule has 0 fully saturated rings. The average molecular weight is 342 g/mol. The predicted molar refractivity (Wildman–Crippen MR) is 87.7 cm³/mol. The number of carbonyl (C=O) groups excluding carboxylic acids is 1. The Labute approximate surface area is 142 Å². The summed E-state index contributed by atoms with van der Waals surface area (Å²) in [6.45, 7) is 2.21. The van der Waals surface area contributed by atoms with E-state index in [1.165, 1.54) is 23.5 Å². The Kier molecular flexibility index (Phi) is 4.68. The second-order valence-electron chi connectivity index (χ2n) is 5.48. The van der Waals surface area contributed by atoms with Crippen LogP contribution in [0.25, 0.3) is 0 Å². The molecule has 25 heavy (non-hydrogen) atoms. The first-order valence-corrected chi connectivity index (χ1v) is 7.78. The molecule has 0 aliphatic carbocycles.